The summed E-state index contributed by atoms with van der Waals surface area (Å²) in [7, 11) is 2.05. The molecule has 96 valence electrons. The first-order valence-corrected chi connectivity index (χ1v) is 6.46. The lowest BCUT2D eigenvalue weighted by molar-refractivity contribution is 0.281. The van der Waals surface area contributed by atoms with Crippen LogP contribution in [0.4, 0.5) is 0 Å². The third-order valence-electron chi connectivity index (χ3n) is 3.88. The fourth-order valence-corrected chi connectivity index (χ4v) is 2.63. The van der Waals surface area contributed by atoms with Crippen LogP contribution < -0.4 is 0 Å². The van der Waals surface area contributed by atoms with Crippen molar-refractivity contribution in [1.82, 2.24) is 4.57 Å². The second-order valence-electron chi connectivity index (χ2n) is 4.88. The molecule has 0 aliphatic heterocycles. The molecule has 0 aliphatic carbocycles. The van der Waals surface area contributed by atoms with Gasteiger partial charge in [0, 0.05) is 24.0 Å². The normalized spacial score (nSPS) is 11.1. The highest BCUT2D eigenvalue weighted by Gasteiger charge is 2.11. The highest BCUT2D eigenvalue weighted by Crippen LogP contribution is 2.31. The molecule has 1 N–H and O–H groups in total. The molecule has 0 amide bonds. The van der Waals surface area contributed by atoms with Crippen molar-refractivity contribution >= 4 is 10.8 Å². The van der Waals surface area contributed by atoms with Crippen LogP contribution in [0.1, 0.15) is 11.3 Å². The highest BCUT2D eigenvalue weighted by molar-refractivity contribution is 5.96. The van der Waals surface area contributed by atoms with Gasteiger partial charge >= 0.3 is 0 Å². The summed E-state index contributed by atoms with van der Waals surface area (Å²) in [5.41, 5.74) is 4.47. The molecule has 0 radical (unpaired) electrons. The zero-order valence-corrected chi connectivity index (χ0v) is 11.2. The lowest BCUT2D eigenvalue weighted by atomic mass is 10.0. The number of benzene rings is 2. The second-order valence-corrected chi connectivity index (χ2v) is 4.88. The average molecular weight is 251 g/mol. The van der Waals surface area contributed by atoms with Crippen molar-refractivity contribution in [3.05, 3.63) is 59.8 Å². The quantitative estimate of drug-likeness (QED) is 0.739. The fourth-order valence-electron chi connectivity index (χ4n) is 2.63. The molecule has 2 aromatic carbocycles. The molecule has 0 saturated heterocycles. The van der Waals surface area contributed by atoms with Crippen molar-refractivity contribution in [1.29, 1.82) is 0 Å². The largest absolute Gasteiger partial charge is 0.392 e. The van der Waals surface area contributed by atoms with E-state index in [1.807, 2.05) is 14.0 Å². The fraction of sp³-hybridized carbons (Fsp3) is 0.176. The van der Waals surface area contributed by atoms with E-state index < -0.39 is 0 Å². The van der Waals surface area contributed by atoms with Crippen molar-refractivity contribution in [3.8, 4) is 11.3 Å². The van der Waals surface area contributed by atoms with Crippen LogP contribution in [0.2, 0.25) is 0 Å². The van der Waals surface area contributed by atoms with Gasteiger partial charge in [-0.25, -0.2) is 0 Å². The molecule has 0 spiro atoms. The van der Waals surface area contributed by atoms with Crippen molar-refractivity contribution in [2.45, 2.75) is 13.5 Å². The Bertz CT molecular complexity index is 735. The minimum absolute atomic E-state index is 0.0877. The Labute approximate surface area is 112 Å². The Morgan fingerprint density at radius 2 is 1.79 bits per heavy atom. The molecule has 2 heteroatoms. The molecular weight excluding hydrogens is 234 g/mol. The van der Waals surface area contributed by atoms with Gasteiger partial charge in [-0.2, -0.15) is 0 Å². The maximum absolute atomic E-state index is 9.40. The average Bonchev–Trinajstić information content (AvgIpc) is 2.74. The molecule has 0 fully saturated rings. The lowest BCUT2D eigenvalue weighted by Gasteiger charge is -2.09. The van der Waals surface area contributed by atoms with Crippen LogP contribution in [-0.4, -0.2) is 9.67 Å². The first-order valence-electron chi connectivity index (χ1n) is 6.46. The highest BCUT2D eigenvalue weighted by atomic mass is 16.3. The van der Waals surface area contributed by atoms with Crippen LogP contribution in [0.15, 0.2) is 48.5 Å². The summed E-state index contributed by atoms with van der Waals surface area (Å²) in [5.74, 6) is 0. The topological polar surface area (TPSA) is 25.2 Å². The Hall–Kier alpha value is -2.06. The number of hydrogen-bond donors (Lipinski definition) is 1. The minimum Gasteiger partial charge on any atom is -0.392 e. The first kappa shape index (κ1) is 12.0. The molecule has 0 atom stereocenters. The molecule has 0 aliphatic rings. The molecule has 0 saturated carbocycles. The third-order valence-corrected chi connectivity index (χ3v) is 3.88. The Morgan fingerprint density at radius 1 is 1.05 bits per heavy atom. The number of hydrogen-bond acceptors (Lipinski definition) is 1. The zero-order valence-electron chi connectivity index (χ0n) is 11.2. The monoisotopic (exact) mass is 251 g/mol. The summed E-state index contributed by atoms with van der Waals surface area (Å²) in [6.07, 6.45) is 0. The Kier molecular flexibility index (Phi) is 2.88. The van der Waals surface area contributed by atoms with Crippen LogP contribution in [0.3, 0.4) is 0 Å². The molecule has 3 aromatic rings. The van der Waals surface area contributed by atoms with Gasteiger partial charge in [0.15, 0.2) is 0 Å². The van der Waals surface area contributed by atoms with Gasteiger partial charge in [0.1, 0.15) is 0 Å². The maximum Gasteiger partial charge on any atom is 0.0699 e. The molecule has 1 heterocycles. The number of aliphatic hydroxyl groups is 1. The smallest absolute Gasteiger partial charge is 0.0699 e. The molecule has 2 nitrogen and oxygen atoms in total. The number of rotatable bonds is 2. The van der Waals surface area contributed by atoms with E-state index in [1.54, 1.807) is 0 Å². The Morgan fingerprint density at radius 3 is 2.53 bits per heavy atom. The van der Waals surface area contributed by atoms with Crippen molar-refractivity contribution in [2.75, 3.05) is 0 Å². The van der Waals surface area contributed by atoms with Gasteiger partial charge in [-0.3, -0.25) is 0 Å². The van der Waals surface area contributed by atoms with Gasteiger partial charge in [-0.1, -0.05) is 42.5 Å². The standard InChI is InChI=1S/C17H17NO/c1-12-14(11-19)10-17(18(12)2)16-9-5-7-13-6-3-4-8-15(13)16/h3-10,19H,11H2,1-2H3. The molecule has 19 heavy (non-hydrogen) atoms. The summed E-state index contributed by atoms with van der Waals surface area (Å²) in [5, 5.41) is 11.9. The van der Waals surface area contributed by atoms with Crippen molar-refractivity contribution < 1.29 is 5.11 Å². The van der Waals surface area contributed by atoms with Crippen LogP contribution in [0, 0.1) is 6.92 Å². The van der Waals surface area contributed by atoms with Gasteiger partial charge in [0.05, 0.1) is 6.61 Å². The molecule has 0 unspecified atom stereocenters. The number of aliphatic hydroxyl groups excluding tert-OH is 1. The maximum atomic E-state index is 9.40. The van der Waals surface area contributed by atoms with Gasteiger partial charge in [0.2, 0.25) is 0 Å². The van der Waals surface area contributed by atoms with Crippen molar-refractivity contribution in [2.24, 2.45) is 7.05 Å². The molecule has 1 aromatic heterocycles. The van der Waals surface area contributed by atoms with Gasteiger partial charge in [-0.15, -0.1) is 0 Å². The van der Waals surface area contributed by atoms with E-state index >= 15 is 0 Å². The summed E-state index contributed by atoms with van der Waals surface area (Å²) >= 11 is 0. The predicted octanol–water partition coefficient (Wildman–Crippen LogP) is 3.65. The first-order chi connectivity index (χ1) is 9.22. The van der Waals surface area contributed by atoms with Crippen LogP contribution in [-0.2, 0) is 13.7 Å². The number of aromatic nitrogens is 1. The van der Waals surface area contributed by atoms with E-state index in [2.05, 4.69) is 53.1 Å². The number of nitrogens with zero attached hydrogens (tertiary/aromatic N) is 1. The number of fused-ring (bicyclic) bond motifs is 1. The van der Waals surface area contributed by atoms with E-state index in [1.165, 1.54) is 16.3 Å². The van der Waals surface area contributed by atoms with E-state index in [4.69, 9.17) is 0 Å². The third kappa shape index (κ3) is 1.85. The van der Waals surface area contributed by atoms with Gasteiger partial charge in [0.25, 0.3) is 0 Å². The van der Waals surface area contributed by atoms with Crippen LogP contribution in [0.5, 0.6) is 0 Å². The van der Waals surface area contributed by atoms with Crippen LogP contribution >= 0.6 is 0 Å². The molecular formula is C17H17NO. The lowest BCUT2D eigenvalue weighted by Crippen LogP contribution is -1.95. The van der Waals surface area contributed by atoms with Gasteiger partial charge < -0.3 is 9.67 Å². The minimum atomic E-state index is 0.0877. The van der Waals surface area contributed by atoms with E-state index in [0.717, 1.165) is 17.0 Å². The Balaban J connectivity index is 2.30. The molecule has 0 bridgehead atoms. The summed E-state index contributed by atoms with van der Waals surface area (Å²) in [6.45, 7) is 2.13. The predicted molar refractivity (Wildman–Crippen MR) is 79.0 cm³/mol. The van der Waals surface area contributed by atoms with Crippen LogP contribution in [0.25, 0.3) is 22.0 Å². The summed E-state index contributed by atoms with van der Waals surface area (Å²) in [4.78, 5) is 0. The van der Waals surface area contributed by atoms with E-state index in [0.29, 0.717) is 0 Å². The SMILES string of the molecule is Cc1c(CO)cc(-c2cccc3ccccc23)n1C. The molecule has 3 rings (SSSR count). The summed E-state index contributed by atoms with van der Waals surface area (Å²) < 4.78 is 2.15. The van der Waals surface area contributed by atoms with Crippen molar-refractivity contribution in [3.63, 3.8) is 0 Å². The second kappa shape index (κ2) is 4.56. The summed E-state index contributed by atoms with van der Waals surface area (Å²) in [6, 6.07) is 16.8. The van der Waals surface area contributed by atoms with Gasteiger partial charge in [-0.05, 0) is 29.3 Å². The zero-order chi connectivity index (χ0) is 13.4. The van der Waals surface area contributed by atoms with E-state index in [9.17, 15) is 5.11 Å². The van der Waals surface area contributed by atoms with E-state index in [-0.39, 0.29) is 6.61 Å².